The van der Waals surface area contributed by atoms with Crippen molar-refractivity contribution in [2.75, 3.05) is 4.72 Å². The number of aliphatic carboxylic acids is 1. The summed E-state index contributed by atoms with van der Waals surface area (Å²) in [5.74, 6) is -1.07. The van der Waals surface area contributed by atoms with E-state index in [-0.39, 0.29) is 4.21 Å². The van der Waals surface area contributed by atoms with Crippen molar-refractivity contribution in [1.82, 2.24) is 0 Å². The number of rotatable bonds is 5. The highest BCUT2D eigenvalue weighted by Crippen LogP contribution is 2.27. The predicted octanol–water partition coefficient (Wildman–Crippen LogP) is 3.30. The zero-order chi connectivity index (χ0) is 15.5. The zero-order valence-electron chi connectivity index (χ0n) is 10.5. The van der Waals surface area contributed by atoms with E-state index in [0.717, 1.165) is 17.4 Å². The van der Waals surface area contributed by atoms with Crippen LogP contribution in [-0.4, -0.2) is 19.5 Å². The minimum Gasteiger partial charge on any atom is -0.478 e. The molecule has 8 heteroatoms. The number of carbonyl (C=O) groups is 1. The second-order valence-corrected chi connectivity index (χ2v) is 7.59. The van der Waals surface area contributed by atoms with Crippen LogP contribution in [-0.2, 0) is 14.8 Å². The van der Waals surface area contributed by atoms with Crippen molar-refractivity contribution in [3.63, 3.8) is 0 Å². The van der Waals surface area contributed by atoms with Crippen LogP contribution in [0.15, 0.2) is 46.7 Å². The first-order valence-corrected chi connectivity index (χ1v) is 8.34. The van der Waals surface area contributed by atoms with Gasteiger partial charge in [-0.2, -0.15) is 0 Å². The highest BCUT2D eigenvalue weighted by Gasteiger charge is 2.16. The smallest absolute Gasteiger partial charge is 0.328 e. The SMILES string of the molecule is O=C(O)C=Cc1cccc(NS(=O)(=O)c2ccc(Cl)s2)c1. The molecule has 0 atom stereocenters. The average molecular weight is 344 g/mol. The number of anilines is 1. The van der Waals surface area contributed by atoms with Crippen LogP contribution < -0.4 is 4.72 Å². The Morgan fingerprint density at radius 2 is 2.05 bits per heavy atom. The third-order valence-corrected chi connectivity index (χ3v) is 5.47. The van der Waals surface area contributed by atoms with Crippen molar-refractivity contribution in [3.8, 4) is 0 Å². The topological polar surface area (TPSA) is 83.5 Å². The molecule has 0 saturated heterocycles. The molecule has 1 aromatic carbocycles. The standard InChI is InChI=1S/C13H10ClNO4S2/c14-11-5-7-13(20-11)21(18,19)15-10-3-1-2-9(8-10)4-6-12(16)17/h1-8,15H,(H,16,17). The second kappa shape index (κ2) is 6.30. The van der Waals surface area contributed by atoms with Crippen molar-refractivity contribution in [2.45, 2.75) is 4.21 Å². The Hall–Kier alpha value is -1.83. The maximum absolute atomic E-state index is 12.1. The fourth-order valence-corrected chi connectivity index (χ4v) is 4.05. The van der Waals surface area contributed by atoms with Crippen LogP contribution >= 0.6 is 22.9 Å². The Balaban J connectivity index is 2.23. The number of nitrogens with one attached hydrogen (secondary N) is 1. The minimum absolute atomic E-state index is 0.110. The Labute approximate surface area is 130 Å². The van der Waals surface area contributed by atoms with Crippen molar-refractivity contribution in [2.24, 2.45) is 0 Å². The van der Waals surface area contributed by atoms with E-state index >= 15 is 0 Å². The van der Waals surface area contributed by atoms with Gasteiger partial charge in [-0.1, -0.05) is 23.7 Å². The van der Waals surface area contributed by atoms with Gasteiger partial charge in [-0.15, -0.1) is 11.3 Å². The summed E-state index contributed by atoms with van der Waals surface area (Å²) < 4.78 is 27.2. The molecule has 0 bridgehead atoms. The normalized spacial score (nSPS) is 11.7. The maximum atomic E-state index is 12.1. The van der Waals surface area contributed by atoms with Gasteiger partial charge in [0.05, 0.1) is 4.34 Å². The molecule has 0 unspecified atom stereocenters. The lowest BCUT2D eigenvalue weighted by Crippen LogP contribution is -2.11. The van der Waals surface area contributed by atoms with Crippen LogP contribution in [0, 0.1) is 0 Å². The van der Waals surface area contributed by atoms with Gasteiger partial charge in [0.25, 0.3) is 10.0 Å². The van der Waals surface area contributed by atoms with Gasteiger partial charge in [0, 0.05) is 11.8 Å². The molecule has 1 heterocycles. The van der Waals surface area contributed by atoms with Crippen LogP contribution in [0.4, 0.5) is 5.69 Å². The predicted molar refractivity (Wildman–Crippen MR) is 83.2 cm³/mol. The minimum atomic E-state index is -3.70. The first-order valence-electron chi connectivity index (χ1n) is 5.66. The number of benzene rings is 1. The first kappa shape index (κ1) is 15.6. The van der Waals surface area contributed by atoms with E-state index in [1.165, 1.54) is 24.3 Å². The number of thiophene rings is 1. The van der Waals surface area contributed by atoms with Crippen molar-refractivity contribution in [1.29, 1.82) is 0 Å². The summed E-state index contributed by atoms with van der Waals surface area (Å²) in [6, 6.07) is 9.33. The highest BCUT2D eigenvalue weighted by atomic mass is 35.5. The summed E-state index contributed by atoms with van der Waals surface area (Å²) in [5.41, 5.74) is 0.911. The van der Waals surface area contributed by atoms with E-state index in [9.17, 15) is 13.2 Å². The highest BCUT2D eigenvalue weighted by molar-refractivity contribution is 7.94. The van der Waals surface area contributed by atoms with Gasteiger partial charge in [-0.05, 0) is 35.9 Å². The van der Waals surface area contributed by atoms with Crippen molar-refractivity contribution in [3.05, 3.63) is 52.4 Å². The second-order valence-electron chi connectivity index (χ2n) is 3.96. The van der Waals surface area contributed by atoms with E-state index in [2.05, 4.69) is 4.72 Å². The molecule has 0 amide bonds. The molecule has 0 aliphatic rings. The molecular weight excluding hydrogens is 334 g/mol. The van der Waals surface area contributed by atoms with Crippen LogP contribution in [0.5, 0.6) is 0 Å². The van der Waals surface area contributed by atoms with Gasteiger partial charge < -0.3 is 5.11 Å². The molecule has 0 fully saturated rings. The third kappa shape index (κ3) is 4.32. The number of hydrogen-bond acceptors (Lipinski definition) is 4. The summed E-state index contributed by atoms with van der Waals surface area (Å²) in [6.45, 7) is 0. The lowest BCUT2D eigenvalue weighted by Gasteiger charge is -2.06. The molecule has 0 aliphatic carbocycles. The molecule has 110 valence electrons. The number of hydrogen-bond donors (Lipinski definition) is 2. The van der Waals surface area contributed by atoms with Crippen LogP contribution in [0.25, 0.3) is 6.08 Å². The fourth-order valence-electron chi connectivity index (χ4n) is 1.52. The molecule has 2 rings (SSSR count). The van der Waals surface area contributed by atoms with Crippen molar-refractivity contribution < 1.29 is 18.3 Å². The van der Waals surface area contributed by atoms with E-state index in [1.54, 1.807) is 18.2 Å². The molecule has 21 heavy (non-hydrogen) atoms. The van der Waals surface area contributed by atoms with E-state index in [0.29, 0.717) is 15.6 Å². The molecule has 0 radical (unpaired) electrons. The number of sulfonamides is 1. The Kier molecular flexibility index (Phi) is 4.66. The Bertz CT molecular complexity index is 796. The summed E-state index contributed by atoms with van der Waals surface area (Å²) in [6.07, 6.45) is 2.36. The lowest BCUT2D eigenvalue weighted by atomic mass is 10.2. The quantitative estimate of drug-likeness (QED) is 0.816. The van der Waals surface area contributed by atoms with Gasteiger partial charge in [-0.25, -0.2) is 13.2 Å². The third-order valence-electron chi connectivity index (χ3n) is 2.37. The largest absolute Gasteiger partial charge is 0.478 e. The molecule has 2 N–H and O–H groups in total. The van der Waals surface area contributed by atoms with Gasteiger partial charge in [0.2, 0.25) is 0 Å². The molecule has 2 aromatic rings. The van der Waals surface area contributed by atoms with Gasteiger partial charge in [0.1, 0.15) is 4.21 Å². The zero-order valence-corrected chi connectivity index (χ0v) is 12.9. The number of halogens is 1. The van der Waals surface area contributed by atoms with E-state index in [1.807, 2.05) is 0 Å². The molecule has 0 aliphatic heterocycles. The van der Waals surface area contributed by atoms with E-state index < -0.39 is 16.0 Å². The summed E-state index contributed by atoms with van der Waals surface area (Å²) >= 11 is 6.68. The van der Waals surface area contributed by atoms with Gasteiger partial charge in [-0.3, -0.25) is 4.72 Å². The van der Waals surface area contributed by atoms with Crippen LogP contribution in [0.1, 0.15) is 5.56 Å². The lowest BCUT2D eigenvalue weighted by molar-refractivity contribution is -0.131. The van der Waals surface area contributed by atoms with E-state index in [4.69, 9.17) is 16.7 Å². The molecule has 0 saturated carbocycles. The number of carboxylic acid groups (broad SMARTS) is 1. The molecule has 0 spiro atoms. The molecular formula is C13H10ClNO4S2. The van der Waals surface area contributed by atoms with Crippen LogP contribution in [0.2, 0.25) is 4.34 Å². The molecule has 5 nitrogen and oxygen atoms in total. The summed E-state index contributed by atoms with van der Waals surface area (Å²) in [7, 11) is -3.70. The number of carboxylic acids is 1. The first-order chi connectivity index (χ1) is 9.87. The van der Waals surface area contributed by atoms with Gasteiger partial charge >= 0.3 is 5.97 Å². The summed E-state index contributed by atoms with van der Waals surface area (Å²) in [5, 5.41) is 8.57. The maximum Gasteiger partial charge on any atom is 0.328 e. The van der Waals surface area contributed by atoms with Crippen molar-refractivity contribution >= 4 is 50.7 Å². The fraction of sp³-hybridized carbons (Fsp3) is 0. The Morgan fingerprint density at radius 3 is 2.67 bits per heavy atom. The monoisotopic (exact) mass is 343 g/mol. The molecule has 1 aromatic heterocycles. The Morgan fingerprint density at radius 1 is 1.29 bits per heavy atom. The summed E-state index contributed by atoms with van der Waals surface area (Å²) in [4.78, 5) is 10.5. The van der Waals surface area contributed by atoms with Crippen LogP contribution in [0.3, 0.4) is 0 Å². The van der Waals surface area contributed by atoms with Gasteiger partial charge in [0.15, 0.2) is 0 Å². The average Bonchev–Trinajstić information content (AvgIpc) is 2.84.